The molecular weight excluding hydrogens is 386 g/mol. The minimum absolute atomic E-state index is 0.0257. The highest BCUT2D eigenvalue weighted by Crippen LogP contribution is 2.15. The zero-order valence-corrected chi connectivity index (χ0v) is 16.5. The maximum atomic E-state index is 12.2. The van der Waals surface area contributed by atoms with Crippen molar-refractivity contribution in [1.29, 1.82) is 0 Å². The monoisotopic (exact) mass is 405 g/mol. The van der Waals surface area contributed by atoms with Crippen molar-refractivity contribution in [3.63, 3.8) is 0 Å². The molecule has 2 amide bonds. The Morgan fingerprint density at radius 1 is 1.00 bits per heavy atom. The molecule has 3 N–H and O–H groups in total. The van der Waals surface area contributed by atoms with E-state index in [2.05, 4.69) is 16.2 Å². The Bertz CT molecular complexity index is 810. The lowest BCUT2D eigenvalue weighted by atomic mass is 10.2. The first-order valence-electron chi connectivity index (χ1n) is 8.33. The van der Waals surface area contributed by atoms with Crippen molar-refractivity contribution >= 4 is 40.7 Å². The number of benzene rings is 2. The van der Waals surface area contributed by atoms with Gasteiger partial charge in [-0.05, 0) is 74.1 Å². The smallest absolute Gasteiger partial charge is 0.269 e. The minimum Gasteiger partial charge on any atom is -0.491 e. The molecule has 2 rings (SSSR count). The number of nitrogens with one attached hydrogen (secondary N) is 3. The predicted molar refractivity (Wildman–Crippen MR) is 109 cm³/mol. The Hall–Kier alpha value is -2.64. The van der Waals surface area contributed by atoms with Crippen molar-refractivity contribution < 1.29 is 14.3 Å². The summed E-state index contributed by atoms with van der Waals surface area (Å²) >= 11 is 10.8. The number of hydrogen-bond donors (Lipinski definition) is 3. The summed E-state index contributed by atoms with van der Waals surface area (Å²) in [6, 6.07) is 13.1. The Balaban J connectivity index is 1.83. The van der Waals surface area contributed by atoms with Crippen LogP contribution in [-0.4, -0.2) is 23.0 Å². The van der Waals surface area contributed by atoms with Gasteiger partial charge in [-0.2, -0.15) is 0 Å². The molecule has 0 aromatic heterocycles. The molecule has 0 saturated heterocycles. The van der Waals surface area contributed by atoms with Crippen LogP contribution >= 0.6 is 23.8 Å². The van der Waals surface area contributed by atoms with Crippen LogP contribution in [0.15, 0.2) is 48.5 Å². The third-order valence-corrected chi connectivity index (χ3v) is 4.11. The highest BCUT2D eigenvalue weighted by Gasteiger charge is 2.10. The normalized spacial score (nSPS) is 11.2. The van der Waals surface area contributed by atoms with Crippen LogP contribution in [0.1, 0.15) is 41.0 Å². The largest absolute Gasteiger partial charge is 0.491 e. The molecule has 142 valence electrons. The molecule has 0 aliphatic rings. The van der Waals surface area contributed by atoms with Crippen LogP contribution in [-0.2, 0) is 0 Å². The third-order valence-electron chi connectivity index (χ3n) is 3.65. The summed E-state index contributed by atoms with van der Waals surface area (Å²) in [4.78, 5) is 24.2. The molecule has 27 heavy (non-hydrogen) atoms. The van der Waals surface area contributed by atoms with Gasteiger partial charge in [-0.3, -0.25) is 25.8 Å². The number of hydrogen-bond acceptors (Lipinski definition) is 4. The van der Waals surface area contributed by atoms with E-state index in [1.165, 1.54) is 0 Å². The summed E-state index contributed by atoms with van der Waals surface area (Å²) in [7, 11) is 0. The number of ether oxygens (including phenoxy) is 1. The van der Waals surface area contributed by atoms with Gasteiger partial charge < -0.3 is 4.74 Å². The lowest BCUT2D eigenvalue weighted by Crippen LogP contribution is -2.48. The number of rotatable bonds is 5. The average Bonchev–Trinajstić information content (AvgIpc) is 2.67. The number of amides is 2. The summed E-state index contributed by atoms with van der Waals surface area (Å²) in [6.07, 6.45) is 0.995. The molecule has 0 aliphatic carbocycles. The van der Waals surface area contributed by atoms with E-state index in [1.54, 1.807) is 48.5 Å². The van der Waals surface area contributed by atoms with Crippen molar-refractivity contribution in [2.75, 3.05) is 0 Å². The first-order chi connectivity index (χ1) is 12.9. The van der Waals surface area contributed by atoms with Gasteiger partial charge in [0.15, 0.2) is 5.11 Å². The Morgan fingerprint density at radius 3 is 2.15 bits per heavy atom. The topological polar surface area (TPSA) is 79.5 Å². The average molecular weight is 406 g/mol. The van der Waals surface area contributed by atoms with E-state index in [1.807, 2.05) is 13.8 Å². The van der Waals surface area contributed by atoms with Crippen molar-refractivity contribution in [3.05, 3.63) is 64.7 Å². The summed E-state index contributed by atoms with van der Waals surface area (Å²) in [6.45, 7) is 4.01. The Labute approximate surface area is 168 Å². The third kappa shape index (κ3) is 6.54. The molecule has 2 aromatic carbocycles. The van der Waals surface area contributed by atoms with E-state index in [4.69, 9.17) is 28.6 Å². The van der Waals surface area contributed by atoms with Crippen LogP contribution in [0.25, 0.3) is 0 Å². The quantitative estimate of drug-likeness (QED) is 0.524. The second-order valence-electron chi connectivity index (χ2n) is 5.73. The molecule has 1 atom stereocenters. The maximum absolute atomic E-state index is 12.2. The van der Waals surface area contributed by atoms with Crippen molar-refractivity contribution in [2.45, 2.75) is 26.4 Å². The van der Waals surface area contributed by atoms with Crippen molar-refractivity contribution in [3.8, 4) is 5.75 Å². The van der Waals surface area contributed by atoms with Gasteiger partial charge in [-0.15, -0.1) is 0 Å². The highest BCUT2D eigenvalue weighted by atomic mass is 35.5. The zero-order valence-electron chi connectivity index (χ0n) is 14.9. The van der Waals surface area contributed by atoms with Crippen LogP contribution in [0.2, 0.25) is 5.02 Å². The molecule has 0 spiro atoms. The Kier molecular flexibility index (Phi) is 7.57. The molecule has 0 radical (unpaired) electrons. The van der Waals surface area contributed by atoms with Crippen molar-refractivity contribution in [1.82, 2.24) is 16.2 Å². The molecule has 0 saturated carbocycles. The summed E-state index contributed by atoms with van der Waals surface area (Å²) in [5, 5.41) is 2.99. The van der Waals surface area contributed by atoms with Gasteiger partial charge >= 0.3 is 0 Å². The molecular formula is C19H20ClN3O3S. The van der Waals surface area contributed by atoms with Gasteiger partial charge in [0.25, 0.3) is 11.8 Å². The second-order valence-corrected chi connectivity index (χ2v) is 6.58. The van der Waals surface area contributed by atoms with E-state index >= 15 is 0 Å². The van der Waals surface area contributed by atoms with E-state index in [-0.39, 0.29) is 11.2 Å². The van der Waals surface area contributed by atoms with Crippen LogP contribution in [0.5, 0.6) is 5.75 Å². The molecule has 2 aromatic rings. The van der Waals surface area contributed by atoms with E-state index in [0.717, 1.165) is 6.42 Å². The predicted octanol–water partition coefficient (Wildman–Crippen LogP) is 3.47. The zero-order chi connectivity index (χ0) is 19.8. The maximum Gasteiger partial charge on any atom is 0.269 e. The molecule has 0 bridgehead atoms. The number of carbonyl (C=O) groups excluding carboxylic acids is 2. The van der Waals surface area contributed by atoms with E-state index < -0.39 is 11.8 Å². The molecule has 0 unspecified atom stereocenters. The first-order valence-corrected chi connectivity index (χ1v) is 9.11. The van der Waals surface area contributed by atoms with E-state index in [9.17, 15) is 9.59 Å². The summed E-state index contributed by atoms with van der Waals surface area (Å²) in [5.41, 5.74) is 5.70. The lowest BCUT2D eigenvalue weighted by Gasteiger charge is -2.13. The van der Waals surface area contributed by atoms with Crippen LogP contribution < -0.4 is 20.9 Å². The SMILES string of the molecule is CC[C@H](C)Oc1ccc(C(=O)NC(=S)NNC(=O)c2ccc(Cl)cc2)cc1. The van der Waals surface area contributed by atoms with Gasteiger partial charge in [0.05, 0.1) is 6.10 Å². The van der Waals surface area contributed by atoms with Crippen molar-refractivity contribution in [2.24, 2.45) is 0 Å². The second kappa shape index (κ2) is 9.89. The van der Waals surface area contributed by atoms with Crippen LogP contribution in [0.3, 0.4) is 0 Å². The fraction of sp³-hybridized carbons (Fsp3) is 0.211. The summed E-state index contributed by atoms with van der Waals surface area (Å²) in [5.74, 6) is -0.116. The van der Waals surface area contributed by atoms with Crippen LogP contribution in [0.4, 0.5) is 0 Å². The fourth-order valence-corrected chi connectivity index (χ4v) is 2.26. The standard InChI is InChI=1S/C19H20ClN3O3S/c1-3-12(2)26-16-10-6-13(7-11-16)17(24)21-19(27)23-22-18(25)14-4-8-15(20)9-5-14/h4-12H,3H2,1-2H3,(H,22,25)(H2,21,23,24,27)/t12-/m0/s1. The van der Waals surface area contributed by atoms with Gasteiger partial charge in [-0.1, -0.05) is 18.5 Å². The molecule has 6 nitrogen and oxygen atoms in total. The van der Waals surface area contributed by atoms with Crippen LogP contribution in [0, 0.1) is 0 Å². The number of thiocarbonyl (C=S) groups is 1. The number of carbonyl (C=O) groups is 2. The van der Waals surface area contributed by atoms with Gasteiger partial charge in [0.1, 0.15) is 5.75 Å². The molecule has 0 aliphatic heterocycles. The number of halogens is 1. The number of hydrazine groups is 1. The highest BCUT2D eigenvalue weighted by molar-refractivity contribution is 7.80. The van der Waals surface area contributed by atoms with Gasteiger partial charge in [0.2, 0.25) is 0 Å². The Morgan fingerprint density at radius 2 is 1.56 bits per heavy atom. The molecule has 0 fully saturated rings. The minimum atomic E-state index is -0.408. The fourth-order valence-electron chi connectivity index (χ4n) is 1.99. The van der Waals surface area contributed by atoms with E-state index in [0.29, 0.717) is 21.9 Å². The molecule has 8 heteroatoms. The first kappa shape index (κ1) is 20.7. The van der Waals surface area contributed by atoms with Gasteiger partial charge in [0, 0.05) is 16.1 Å². The van der Waals surface area contributed by atoms with Gasteiger partial charge in [-0.25, -0.2) is 0 Å². The molecule has 0 heterocycles. The lowest BCUT2D eigenvalue weighted by molar-refractivity contribution is 0.0934. The summed E-state index contributed by atoms with van der Waals surface area (Å²) < 4.78 is 5.67.